The Kier molecular flexibility index (Phi) is 7.33. The van der Waals surface area contributed by atoms with Gasteiger partial charge in [0.1, 0.15) is 28.9 Å². The molecule has 0 unspecified atom stereocenters. The zero-order chi connectivity index (χ0) is 24.9. The first kappa shape index (κ1) is 24.3. The number of methoxy groups -OCH3 is 2. The SMILES string of the molecule is COc1cc(OC)cc(C(=O)N2CCC(C(=O)N(Cc3ccco3)c3ccc(F)cc3F)CC2)c1. The monoisotopic (exact) mass is 484 g/mol. The van der Waals surface area contributed by atoms with Crippen LogP contribution in [0.3, 0.4) is 0 Å². The van der Waals surface area contributed by atoms with E-state index >= 15 is 0 Å². The van der Waals surface area contributed by atoms with E-state index in [1.807, 2.05) is 0 Å². The predicted molar refractivity (Wildman–Crippen MR) is 124 cm³/mol. The van der Waals surface area contributed by atoms with Crippen LogP contribution >= 0.6 is 0 Å². The van der Waals surface area contributed by atoms with E-state index in [9.17, 15) is 18.4 Å². The van der Waals surface area contributed by atoms with Gasteiger partial charge in [-0.1, -0.05) is 0 Å². The second-order valence-corrected chi connectivity index (χ2v) is 8.27. The van der Waals surface area contributed by atoms with Crippen LogP contribution in [0, 0.1) is 17.6 Å². The number of rotatable bonds is 7. The Morgan fingerprint density at radius 1 is 1.03 bits per heavy atom. The van der Waals surface area contributed by atoms with Crippen molar-refractivity contribution in [1.29, 1.82) is 0 Å². The van der Waals surface area contributed by atoms with E-state index in [1.165, 1.54) is 31.4 Å². The molecule has 0 radical (unpaired) electrons. The van der Waals surface area contributed by atoms with Gasteiger partial charge in [0.25, 0.3) is 5.91 Å². The summed E-state index contributed by atoms with van der Waals surface area (Å²) in [5.74, 6) is -0.991. The standard InChI is InChI=1S/C26H26F2N2O5/c1-33-21-12-18(13-22(15-21)34-2)25(31)29-9-7-17(8-10-29)26(32)30(16-20-4-3-11-35-20)24-6-5-19(27)14-23(24)28/h3-6,11-15,17H,7-10,16H2,1-2H3. The van der Waals surface area contributed by atoms with Crippen molar-refractivity contribution in [2.24, 2.45) is 5.92 Å². The van der Waals surface area contributed by atoms with Gasteiger partial charge in [0.15, 0.2) is 0 Å². The van der Waals surface area contributed by atoms with Crippen LogP contribution in [-0.2, 0) is 11.3 Å². The van der Waals surface area contributed by atoms with Crippen LogP contribution in [0.15, 0.2) is 59.2 Å². The zero-order valence-corrected chi connectivity index (χ0v) is 19.5. The van der Waals surface area contributed by atoms with E-state index in [2.05, 4.69) is 0 Å². The number of hydrogen-bond acceptors (Lipinski definition) is 5. The molecule has 1 fully saturated rings. The molecule has 0 bridgehead atoms. The van der Waals surface area contributed by atoms with Crippen LogP contribution in [-0.4, -0.2) is 44.0 Å². The fourth-order valence-electron chi connectivity index (χ4n) is 4.20. The Morgan fingerprint density at radius 3 is 2.29 bits per heavy atom. The van der Waals surface area contributed by atoms with E-state index in [4.69, 9.17) is 13.9 Å². The van der Waals surface area contributed by atoms with Gasteiger partial charge in [0.2, 0.25) is 5.91 Å². The second kappa shape index (κ2) is 10.6. The lowest BCUT2D eigenvalue weighted by molar-refractivity contribution is -0.123. The largest absolute Gasteiger partial charge is 0.497 e. The molecular formula is C26H26F2N2O5. The summed E-state index contributed by atoms with van der Waals surface area (Å²) in [6.45, 7) is 0.724. The molecule has 0 spiro atoms. The molecule has 3 aromatic rings. The first-order valence-corrected chi connectivity index (χ1v) is 11.2. The van der Waals surface area contributed by atoms with Crippen molar-refractivity contribution in [3.63, 3.8) is 0 Å². The summed E-state index contributed by atoms with van der Waals surface area (Å²) in [6.07, 6.45) is 2.28. The number of nitrogens with zero attached hydrogens (tertiary/aromatic N) is 2. The van der Waals surface area contributed by atoms with Gasteiger partial charge in [-0.3, -0.25) is 9.59 Å². The summed E-state index contributed by atoms with van der Waals surface area (Å²) < 4.78 is 43.9. The molecule has 1 aliphatic rings. The van der Waals surface area contributed by atoms with Crippen molar-refractivity contribution in [2.45, 2.75) is 19.4 Å². The smallest absolute Gasteiger partial charge is 0.254 e. The molecule has 35 heavy (non-hydrogen) atoms. The minimum absolute atomic E-state index is 0.0110. The number of piperidine rings is 1. The quantitative estimate of drug-likeness (QED) is 0.488. The van der Waals surface area contributed by atoms with Crippen molar-refractivity contribution < 1.29 is 32.3 Å². The van der Waals surface area contributed by atoms with Gasteiger partial charge in [0, 0.05) is 36.7 Å². The number of carbonyl (C=O) groups excluding carboxylic acids is 2. The highest BCUT2D eigenvalue weighted by molar-refractivity contribution is 5.97. The lowest BCUT2D eigenvalue weighted by Gasteiger charge is -2.34. The Bertz CT molecular complexity index is 1170. The first-order chi connectivity index (χ1) is 16.9. The third-order valence-corrected chi connectivity index (χ3v) is 6.09. The van der Waals surface area contributed by atoms with Gasteiger partial charge < -0.3 is 23.7 Å². The molecule has 0 N–H and O–H groups in total. The van der Waals surface area contributed by atoms with Gasteiger partial charge in [-0.05, 0) is 49.2 Å². The molecule has 1 saturated heterocycles. The number of halogens is 2. The number of amides is 2. The molecule has 1 aromatic heterocycles. The van der Waals surface area contributed by atoms with Crippen molar-refractivity contribution in [3.05, 3.63) is 77.8 Å². The average Bonchev–Trinajstić information content (AvgIpc) is 3.40. The topological polar surface area (TPSA) is 72.2 Å². The van der Waals surface area contributed by atoms with Gasteiger partial charge >= 0.3 is 0 Å². The van der Waals surface area contributed by atoms with Gasteiger partial charge in [-0.2, -0.15) is 0 Å². The van der Waals surface area contributed by atoms with Crippen LogP contribution in [0.4, 0.5) is 14.5 Å². The fraction of sp³-hybridized carbons (Fsp3) is 0.308. The Hall–Kier alpha value is -3.88. The van der Waals surface area contributed by atoms with Crippen LogP contribution in [0.25, 0.3) is 0 Å². The van der Waals surface area contributed by atoms with Crippen molar-refractivity contribution in [1.82, 2.24) is 4.90 Å². The molecule has 0 aliphatic carbocycles. The summed E-state index contributed by atoms with van der Waals surface area (Å²) in [4.78, 5) is 29.5. The van der Waals surface area contributed by atoms with E-state index < -0.39 is 17.6 Å². The molecule has 9 heteroatoms. The Morgan fingerprint density at radius 2 is 1.71 bits per heavy atom. The summed E-state index contributed by atoms with van der Waals surface area (Å²) in [5, 5.41) is 0. The van der Waals surface area contributed by atoms with E-state index in [0.717, 1.165) is 12.1 Å². The minimum Gasteiger partial charge on any atom is -0.497 e. The number of ether oxygens (including phenoxy) is 2. The maximum Gasteiger partial charge on any atom is 0.254 e. The van der Waals surface area contributed by atoms with Crippen LogP contribution in [0.5, 0.6) is 11.5 Å². The predicted octanol–water partition coefficient (Wildman–Crippen LogP) is 4.66. The molecule has 1 aliphatic heterocycles. The third-order valence-electron chi connectivity index (χ3n) is 6.09. The Balaban J connectivity index is 1.49. The molecular weight excluding hydrogens is 458 g/mol. The first-order valence-electron chi connectivity index (χ1n) is 11.2. The fourth-order valence-corrected chi connectivity index (χ4v) is 4.20. The molecule has 2 heterocycles. The zero-order valence-electron chi connectivity index (χ0n) is 19.5. The minimum atomic E-state index is -0.829. The summed E-state index contributed by atoms with van der Waals surface area (Å²) in [5.41, 5.74) is 0.411. The lowest BCUT2D eigenvalue weighted by atomic mass is 9.94. The number of anilines is 1. The highest BCUT2D eigenvalue weighted by atomic mass is 19.1. The van der Waals surface area contributed by atoms with Crippen LogP contribution in [0.1, 0.15) is 29.0 Å². The maximum atomic E-state index is 14.6. The normalized spacial score (nSPS) is 14.0. The number of benzene rings is 2. The Labute approximate surface area is 201 Å². The van der Waals surface area contributed by atoms with Crippen molar-refractivity contribution >= 4 is 17.5 Å². The molecule has 184 valence electrons. The van der Waals surface area contributed by atoms with E-state index in [-0.39, 0.29) is 24.0 Å². The van der Waals surface area contributed by atoms with Crippen LogP contribution < -0.4 is 14.4 Å². The molecule has 4 rings (SSSR count). The number of hydrogen-bond donors (Lipinski definition) is 0. The van der Waals surface area contributed by atoms with Crippen LogP contribution in [0.2, 0.25) is 0 Å². The highest BCUT2D eigenvalue weighted by Crippen LogP contribution is 2.29. The van der Waals surface area contributed by atoms with Gasteiger partial charge in [0.05, 0.1) is 32.7 Å². The van der Waals surface area contributed by atoms with Crippen molar-refractivity contribution in [3.8, 4) is 11.5 Å². The number of furan rings is 1. The highest BCUT2D eigenvalue weighted by Gasteiger charge is 2.33. The third kappa shape index (κ3) is 5.45. The lowest BCUT2D eigenvalue weighted by Crippen LogP contribution is -2.44. The number of carbonyl (C=O) groups is 2. The van der Waals surface area contributed by atoms with Gasteiger partial charge in [-0.25, -0.2) is 8.78 Å². The molecule has 0 saturated carbocycles. The molecule has 7 nitrogen and oxygen atoms in total. The van der Waals surface area contributed by atoms with Crippen molar-refractivity contribution in [2.75, 3.05) is 32.2 Å². The summed E-state index contributed by atoms with van der Waals surface area (Å²) >= 11 is 0. The molecule has 2 amide bonds. The number of likely N-dealkylation sites (tertiary alicyclic amines) is 1. The van der Waals surface area contributed by atoms with E-state index in [0.29, 0.717) is 48.8 Å². The average molecular weight is 484 g/mol. The molecule has 2 aromatic carbocycles. The summed E-state index contributed by atoms with van der Waals surface area (Å²) in [7, 11) is 3.02. The summed E-state index contributed by atoms with van der Waals surface area (Å²) in [6, 6.07) is 11.5. The van der Waals surface area contributed by atoms with Gasteiger partial charge in [-0.15, -0.1) is 0 Å². The van der Waals surface area contributed by atoms with E-state index in [1.54, 1.807) is 35.2 Å². The second-order valence-electron chi connectivity index (χ2n) is 8.27. The maximum absolute atomic E-state index is 14.6. The molecule has 0 atom stereocenters.